The Morgan fingerprint density at radius 3 is 1.90 bits per heavy atom. The highest BCUT2D eigenvalue weighted by Crippen LogP contribution is 2.90. The summed E-state index contributed by atoms with van der Waals surface area (Å²) in [6, 6.07) is 9.03. The molecule has 0 radical (unpaired) electrons. The van der Waals surface area contributed by atoms with Crippen LogP contribution in [0, 0.1) is 58.2 Å². The van der Waals surface area contributed by atoms with Crippen molar-refractivity contribution in [1.29, 1.82) is 0 Å². The summed E-state index contributed by atoms with van der Waals surface area (Å²) in [4.78, 5) is 37.6. The average Bonchev–Trinajstić information content (AvgIpc) is 3.74. The van der Waals surface area contributed by atoms with Crippen LogP contribution in [-0.4, -0.2) is 50.3 Å². The third-order valence-electron chi connectivity index (χ3n) is 12.7. The molecule has 1 heterocycles. The van der Waals surface area contributed by atoms with E-state index in [4.69, 9.17) is 23.9 Å². The number of nitrogens with zero attached hydrogens (tertiary/aromatic N) is 2. The molecule has 10 rings (SSSR count). The predicted molar refractivity (Wildman–Crippen MR) is 140 cm³/mol. The maximum Gasteiger partial charge on any atom is 0.319 e. The average molecular weight is 541 g/mol. The van der Waals surface area contributed by atoms with Crippen molar-refractivity contribution in [2.24, 2.45) is 58.2 Å². The Hall–Kier alpha value is -3.42. The van der Waals surface area contributed by atoms with Gasteiger partial charge >= 0.3 is 17.9 Å². The Morgan fingerprint density at radius 2 is 1.35 bits per heavy atom. The lowest BCUT2D eigenvalue weighted by Crippen LogP contribution is -2.77. The summed E-state index contributed by atoms with van der Waals surface area (Å²) in [5.74, 6) is 1.61. The molecule has 8 aliphatic carbocycles. The SMILES string of the molecule is COC(=O)[C@@]12[C@H]3[C@H]4C[C@H]([C@@H]5[C@@H]6c7ccccc7[C@@H](c7nc(OC)nc(OC)c76)[C@H]45)[C@H]3[C@]1(C(=O)OC)[C@@H]1C=C[C@H]2C1. The molecule has 8 aliphatic rings. The van der Waals surface area contributed by atoms with Gasteiger partial charge in [0.2, 0.25) is 5.88 Å². The number of esters is 2. The molecule has 1 aromatic carbocycles. The lowest BCUT2D eigenvalue weighted by molar-refractivity contribution is -0.263. The number of ether oxygens (including phenoxy) is 4. The molecule has 4 saturated carbocycles. The van der Waals surface area contributed by atoms with Gasteiger partial charge in [-0.2, -0.15) is 9.97 Å². The molecule has 4 fully saturated rings. The van der Waals surface area contributed by atoms with E-state index >= 15 is 0 Å². The molecule has 40 heavy (non-hydrogen) atoms. The number of aromatic nitrogens is 2. The first kappa shape index (κ1) is 23.3. The first-order chi connectivity index (χ1) is 19.5. The minimum atomic E-state index is -0.858. The molecule has 8 heteroatoms. The van der Waals surface area contributed by atoms with E-state index in [0.29, 0.717) is 23.7 Å². The van der Waals surface area contributed by atoms with Crippen LogP contribution in [0.3, 0.4) is 0 Å². The summed E-state index contributed by atoms with van der Waals surface area (Å²) in [6.45, 7) is 0. The zero-order chi connectivity index (χ0) is 27.3. The van der Waals surface area contributed by atoms with Gasteiger partial charge in [0.05, 0.1) is 45.0 Å². The predicted octanol–water partition coefficient (Wildman–Crippen LogP) is 3.74. The van der Waals surface area contributed by atoms with Crippen molar-refractivity contribution < 1.29 is 28.5 Å². The quantitative estimate of drug-likeness (QED) is 0.428. The van der Waals surface area contributed by atoms with Crippen molar-refractivity contribution in [3.63, 3.8) is 0 Å². The van der Waals surface area contributed by atoms with Gasteiger partial charge in [-0.05, 0) is 71.3 Å². The summed E-state index contributed by atoms with van der Waals surface area (Å²) in [5, 5.41) is 0. The fourth-order valence-electron chi connectivity index (χ4n) is 12.3. The standard InChI is InChI=1S/C32H32N2O6/c1-37-27-23-19-15-7-5-6-8-16(15)22(26(23)33-30(34-27)40-4)21-18-12-17(20(19)21)24-25(18)32(29(36)39-3)14-10-9-13(11-14)31(24,32)28(35)38-2/h5-10,13-14,17-22,24-25H,11-12H2,1-4H3/t13-,14+,17-,18+,19+,20-,21-,22-,24-,25+,31+,32-/m1/s1. The van der Waals surface area contributed by atoms with E-state index in [2.05, 4.69) is 41.4 Å². The molecule has 2 aromatic rings. The van der Waals surface area contributed by atoms with Gasteiger partial charge in [0.25, 0.3) is 0 Å². The van der Waals surface area contributed by atoms with Crippen molar-refractivity contribution in [3.05, 3.63) is 58.8 Å². The third kappa shape index (κ3) is 2.06. The maximum atomic E-state index is 14.0. The van der Waals surface area contributed by atoms with Crippen LogP contribution in [0.2, 0.25) is 0 Å². The van der Waals surface area contributed by atoms with Crippen LogP contribution >= 0.6 is 0 Å². The molecule has 8 nitrogen and oxygen atoms in total. The number of hydrogen-bond donors (Lipinski definition) is 0. The number of carbonyl (C=O) groups excluding carboxylic acids is 2. The van der Waals surface area contributed by atoms with E-state index in [1.165, 1.54) is 25.3 Å². The highest BCUT2D eigenvalue weighted by Gasteiger charge is 2.93. The molecule has 12 atom stereocenters. The van der Waals surface area contributed by atoms with Crippen molar-refractivity contribution in [2.45, 2.75) is 24.7 Å². The van der Waals surface area contributed by atoms with Crippen LogP contribution < -0.4 is 9.47 Å². The first-order valence-corrected chi connectivity index (χ1v) is 14.4. The minimum absolute atomic E-state index is 0.00517. The van der Waals surface area contributed by atoms with Gasteiger partial charge in [0.1, 0.15) is 0 Å². The van der Waals surface area contributed by atoms with E-state index < -0.39 is 10.8 Å². The lowest BCUT2D eigenvalue weighted by Gasteiger charge is -2.71. The van der Waals surface area contributed by atoms with Gasteiger partial charge in [-0.1, -0.05) is 36.4 Å². The summed E-state index contributed by atoms with van der Waals surface area (Å²) in [6.07, 6.45) is 6.19. The molecule has 0 aliphatic heterocycles. The second kappa shape index (κ2) is 7.25. The van der Waals surface area contributed by atoms with Crippen LogP contribution in [-0.2, 0) is 19.1 Å². The molecule has 0 amide bonds. The van der Waals surface area contributed by atoms with Crippen LogP contribution in [0.15, 0.2) is 36.4 Å². The Bertz CT molecular complexity index is 1550. The molecular weight excluding hydrogens is 508 g/mol. The van der Waals surface area contributed by atoms with Gasteiger partial charge in [0, 0.05) is 17.4 Å². The molecular formula is C32H32N2O6. The number of benzene rings is 1. The zero-order valence-corrected chi connectivity index (χ0v) is 23.0. The number of allylic oxidation sites excluding steroid dienone is 2. The molecule has 0 spiro atoms. The molecule has 1 aromatic heterocycles. The monoisotopic (exact) mass is 540 g/mol. The van der Waals surface area contributed by atoms with Crippen LogP contribution in [0.25, 0.3) is 0 Å². The Morgan fingerprint density at radius 1 is 0.775 bits per heavy atom. The van der Waals surface area contributed by atoms with Crippen molar-refractivity contribution in [1.82, 2.24) is 9.97 Å². The summed E-state index contributed by atoms with van der Waals surface area (Å²) < 4.78 is 22.6. The number of hydrogen-bond acceptors (Lipinski definition) is 8. The van der Waals surface area contributed by atoms with E-state index in [1.54, 1.807) is 14.2 Å². The summed E-state index contributed by atoms with van der Waals surface area (Å²) >= 11 is 0. The Balaban J connectivity index is 1.29. The second-order valence-electron chi connectivity index (χ2n) is 12.9. The number of fused-ring (bicyclic) bond motifs is 12. The normalized spacial score (nSPS) is 44.6. The molecule has 0 saturated heterocycles. The van der Waals surface area contributed by atoms with E-state index in [1.807, 2.05) is 0 Å². The van der Waals surface area contributed by atoms with Gasteiger partial charge in [0.15, 0.2) is 0 Å². The van der Waals surface area contributed by atoms with Crippen LogP contribution in [0.4, 0.5) is 0 Å². The number of carbonyl (C=O) groups is 2. The molecule has 206 valence electrons. The topological polar surface area (TPSA) is 96.8 Å². The summed E-state index contributed by atoms with van der Waals surface area (Å²) in [5.41, 5.74) is 2.97. The molecule has 0 N–H and O–H groups in total. The zero-order valence-electron chi connectivity index (χ0n) is 23.0. The Labute approximate surface area is 232 Å². The van der Waals surface area contributed by atoms with E-state index in [0.717, 1.165) is 24.1 Å². The minimum Gasteiger partial charge on any atom is -0.481 e. The fourth-order valence-corrected chi connectivity index (χ4v) is 12.3. The van der Waals surface area contributed by atoms with Crippen molar-refractivity contribution >= 4 is 11.9 Å². The molecule has 6 bridgehead atoms. The van der Waals surface area contributed by atoms with E-state index in [-0.39, 0.29) is 59.3 Å². The largest absolute Gasteiger partial charge is 0.481 e. The third-order valence-corrected chi connectivity index (χ3v) is 12.7. The number of methoxy groups -OCH3 is 4. The summed E-state index contributed by atoms with van der Waals surface area (Å²) in [7, 11) is 6.20. The molecule has 0 unspecified atom stereocenters. The maximum absolute atomic E-state index is 14.0. The van der Waals surface area contributed by atoms with Crippen molar-refractivity contribution in [3.8, 4) is 11.9 Å². The lowest BCUT2D eigenvalue weighted by atomic mass is 9.29. The van der Waals surface area contributed by atoms with Gasteiger partial charge in [-0.3, -0.25) is 9.59 Å². The van der Waals surface area contributed by atoms with Gasteiger partial charge < -0.3 is 18.9 Å². The van der Waals surface area contributed by atoms with Crippen molar-refractivity contribution in [2.75, 3.05) is 28.4 Å². The highest BCUT2D eigenvalue weighted by molar-refractivity contribution is 5.95. The number of rotatable bonds is 4. The van der Waals surface area contributed by atoms with Gasteiger partial charge in [-0.25, -0.2) is 0 Å². The smallest absolute Gasteiger partial charge is 0.319 e. The highest BCUT2D eigenvalue weighted by atomic mass is 16.5. The second-order valence-corrected chi connectivity index (χ2v) is 12.9. The van der Waals surface area contributed by atoms with Crippen LogP contribution in [0.5, 0.6) is 11.9 Å². The Kier molecular flexibility index (Phi) is 4.23. The van der Waals surface area contributed by atoms with E-state index in [9.17, 15) is 9.59 Å². The van der Waals surface area contributed by atoms with Crippen LogP contribution in [0.1, 0.15) is 47.1 Å². The van der Waals surface area contributed by atoms with Gasteiger partial charge in [-0.15, -0.1) is 0 Å². The fraction of sp³-hybridized carbons (Fsp3) is 0.562. The first-order valence-electron chi connectivity index (χ1n) is 14.4.